The summed E-state index contributed by atoms with van der Waals surface area (Å²) in [6.07, 6.45) is 5.35. The first kappa shape index (κ1) is 16.2. The Morgan fingerprint density at radius 2 is 1.52 bits per heavy atom. The fourth-order valence-electron chi connectivity index (χ4n) is 3.77. The van der Waals surface area contributed by atoms with Crippen LogP contribution < -0.4 is 0 Å². The normalized spacial score (nSPS) is 11.6. The summed E-state index contributed by atoms with van der Waals surface area (Å²) >= 11 is 6.04. The van der Waals surface area contributed by atoms with E-state index in [4.69, 9.17) is 16.6 Å². The van der Waals surface area contributed by atoms with Gasteiger partial charge in [-0.25, -0.2) is 4.98 Å². The van der Waals surface area contributed by atoms with E-state index in [-0.39, 0.29) is 0 Å². The van der Waals surface area contributed by atoms with Crippen LogP contribution in [0.4, 0.5) is 0 Å². The van der Waals surface area contributed by atoms with Crippen molar-refractivity contribution in [1.82, 2.24) is 30.1 Å². The van der Waals surface area contributed by atoms with Crippen molar-refractivity contribution in [3.8, 4) is 22.6 Å². The Morgan fingerprint density at radius 3 is 2.31 bits per heavy atom. The number of nitrogens with zero attached hydrogens (tertiary/aromatic N) is 4. The number of aromatic amines is 2. The number of hydrogen-bond acceptors (Lipinski definition) is 4. The molecule has 6 aromatic rings. The maximum Gasteiger partial charge on any atom is 0.142 e. The van der Waals surface area contributed by atoms with Crippen LogP contribution in [0.2, 0.25) is 5.02 Å². The number of H-pyrrole nitrogens is 2. The minimum atomic E-state index is 0.691. The van der Waals surface area contributed by atoms with Gasteiger partial charge in [0.1, 0.15) is 5.82 Å². The highest BCUT2D eigenvalue weighted by Gasteiger charge is 2.18. The number of nitrogens with one attached hydrogen (secondary N) is 2. The zero-order valence-corrected chi connectivity index (χ0v) is 15.8. The summed E-state index contributed by atoms with van der Waals surface area (Å²) in [6, 6.07) is 15.5. The molecule has 6 rings (SSSR count). The van der Waals surface area contributed by atoms with Crippen molar-refractivity contribution in [2.24, 2.45) is 0 Å². The van der Waals surface area contributed by atoms with Crippen LogP contribution in [0.3, 0.4) is 0 Å². The van der Waals surface area contributed by atoms with Crippen LogP contribution in [-0.2, 0) is 0 Å². The van der Waals surface area contributed by atoms with E-state index in [1.54, 1.807) is 18.6 Å². The highest BCUT2D eigenvalue weighted by Crippen LogP contribution is 2.35. The molecule has 6 nitrogen and oxygen atoms in total. The van der Waals surface area contributed by atoms with Gasteiger partial charge in [-0.3, -0.25) is 15.1 Å². The topological polar surface area (TPSA) is 83.1 Å². The van der Waals surface area contributed by atoms with Crippen LogP contribution in [0.25, 0.3) is 55.5 Å². The van der Waals surface area contributed by atoms with Crippen molar-refractivity contribution in [2.75, 3.05) is 0 Å². The number of aromatic nitrogens is 6. The number of rotatable bonds is 2. The van der Waals surface area contributed by atoms with Crippen molar-refractivity contribution in [3.63, 3.8) is 0 Å². The molecule has 0 radical (unpaired) electrons. The number of fused-ring (bicyclic) bond motifs is 6. The predicted molar refractivity (Wildman–Crippen MR) is 115 cm³/mol. The lowest BCUT2D eigenvalue weighted by molar-refractivity contribution is 1.10. The lowest BCUT2D eigenvalue weighted by atomic mass is 10.1. The minimum Gasteiger partial charge on any atom is -0.337 e. The van der Waals surface area contributed by atoms with Gasteiger partial charge in [0, 0.05) is 33.8 Å². The molecule has 0 amide bonds. The van der Waals surface area contributed by atoms with Crippen molar-refractivity contribution >= 4 is 44.4 Å². The predicted octanol–water partition coefficient (Wildman–Crippen LogP) is 5.37. The van der Waals surface area contributed by atoms with E-state index in [0.29, 0.717) is 5.02 Å². The number of benzene rings is 2. The van der Waals surface area contributed by atoms with Crippen LogP contribution >= 0.6 is 11.6 Å². The second-order valence-electron chi connectivity index (χ2n) is 6.77. The quantitative estimate of drug-likeness (QED) is 0.385. The van der Waals surface area contributed by atoms with Crippen LogP contribution in [0, 0.1) is 0 Å². The van der Waals surface area contributed by atoms with E-state index < -0.39 is 0 Å². The number of halogens is 1. The van der Waals surface area contributed by atoms with Gasteiger partial charge in [0.2, 0.25) is 0 Å². The van der Waals surface area contributed by atoms with Gasteiger partial charge in [-0.05, 0) is 36.4 Å². The summed E-state index contributed by atoms with van der Waals surface area (Å²) in [7, 11) is 0. The van der Waals surface area contributed by atoms with E-state index in [1.165, 1.54) is 0 Å². The summed E-state index contributed by atoms with van der Waals surface area (Å²) in [5.41, 5.74) is 6.26. The second-order valence-corrected chi connectivity index (χ2v) is 7.21. The van der Waals surface area contributed by atoms with Gasteiger partial charge >= 0.3 is 0 Å². The van der Waals surface area contributed by atoms with E-state index in [1.807, 2.05) is 48.5 Å². The van der Waals surface area contributed by atoms with E-state index in [2.05, 4.69) is 25.1 Å². The Bertz CT molecular complexity index is 1440. The number of imidazole rings is 1. The lowest BCUT2D eigenvalue weighted by Crippen LogP contribution is -1.86. The van der Waals surface area contributed by atoms with Gasteiger partial charge in [-0.15, -0.1) is 0 Å². The first-order valence-electron chi connectivity index (χ1n) is 9.10. The summed E-state index contributed by atoms with van der Waals surface area (Å²) in [6.45, 7) is 0. The zero-order chi connectivity index (χ0) is 19.4. The molecule has 2 aromatic carbocycles. The van der Waals surface area contributed by atoms with Crippen molar-refractivity contribution in [2.45, 2.75) is 0 Å². The highest BCUT2D eigenvalue weighted by atomic mass is 35.5. The third kappa shape index (κ3) is 2.43. The molecule has 0 aliphatic heterocycles. The second kappa shape index (κ2) is 6.12. The van der Waals surface area contributed by atoms with Gasteiger partial charge < -0.3 is 4.98 Å². The van der Waals surface area contributed by atoms with Gasteiger partial charge in [0.25, 0.3) is 0 Å². The molecule has 0 saturated heterocycles. The molecule has 0 atom stereocenters. The molecule has 0 saturated carbocycles. The number of hydrogen-bond donors (Lipinski definition) is 2. The maximum atomic E-state index is 6.04. The summed E-state index contributed by atoms with van der Waals surface area (Å²) < 4.78 is 0. The molecule has 29 heavy (non-hydrogen) atoms. The zero-order valence-electron chi connectivity index (χ0n) is 15.0. The van der Waals surface area contributed by atoms with Crippen LogP contribution in [-0.4, -0.2) is 30.1 Å². The maximum absolute atomic E-state index is 6.04. The van der Waals surface area contributed by atoms with Gasteiger partial charge in [-0.1, -0.05) is 23.7 Å². The molecule has 4 aromatic heterocycles. The largest absolute Gasteiger partial charge is 0.337 e. The van der Waals surface area contributed by atoms with Crippen LogP contribution in [0.1, 0.15) is 0 Å². The SMILES string of the molecule is Clc1ccc(-c2[nH]ncc2-c2nc3c4cccnc4c4ncccc4c3[nH]2)cc1. The fraction of sp³-hybridized carbons (Fsp3) is 0. The molecule has 4 heterocycles. The van der Waals surface area contributed by atoms with E-state index in [9.17, 15) is 0 Å². The first-order chi connectivity index (χ1) is 14.3. The van der Waals surface area contributed by atoms with Crippen molar-refractivity contribution in [3.05, 3.63) is 72.1 Å². The molecule has 0 aliphatic carbocycles. The van der Waals surface area contributed by atoms with Crippen molar-refractivity contribution in [1.29, 1.82) is 0 Å². The fourth-order valence-corrected chi connectivity index (χ4v) is 3.90. The van der Waals surface area contributed by atoms with Gasteiger partial charge in [0.15, 0.2) is 0 Å². The lowest BCUT2D eigenvalue weighted by Gasteiger charge is -2.03. The third-order valence-corrected chi connectivity index (χ3v) is 5.35. The molecule has 0 aliphatic rings. The smallest absolute Gasteiger partial charge is 0.142 e. The minimum absolute atomic E-state index is 0.691. The molecular weight excluding hydrogens is 384 g/mol. The highest BCUT2D eigenvalue weighted by molar-refractivity contribution is 6.30. The summed E-state index contributed by atoms with van der Waals surface area (Å²) in [5.74, 6) is 0.736. The Kier molecular flexibility index (Phi) is 3.42. The molecular formula is C22H13ClN6. The molecule has 0 fully saturated rings. The third-order valence-electron chi connectivity index (χ3n) is 5.10. The molecule has 7 heteroatoms. The summed E-state index contributed by atoms with van der Waals surface area (Å²) in [4.78, 5) is 17.5. The number of pyridine rings is 2. The Balaban J connectivity index is 1.66. The van der Waals surface area contributed by atoms with Crippen molar-refractivity contribution < 1.29 is 0 Å². The van der Waals surface area contributed by atoms with Gasteiger partial charge in [-0.2, -0.15) is 5.10 Å². The molecule has 2 N–H and O–H groups in total. The Labute approximate surface area is 169 Å². The van der Waals surface area contributed by atoms with Crippen LogP contribution in [0.5, 0.6) is 0 Å². The Hall–Kier alpha value is -3.77. The van der Waals surface area contributed by atoms with E-state index >= 15 is 0 Å². The van der Waals surface area contributed by atoms with Gasteiger partial charge in [0.05, 0.1) is 39.5 Å². The Morgan fingerprint density at radius 1 is 0.793 bits per heavy atom. The molecule has 0 spiro atoms. The monoisotopic (exact) mass is 396 g/mol. The van der Waals surface area contributed by atoms with Crippen LogP contribution in [0.15, 0.2) is 67.1 Å². The first-order valence-corrected chi connectivity index (χ1v) is 9.48. The standard InChI is InChI=1S/C22H13ClN6/c23-13-7-5-12(6-8-13)17-16(11-26-29-17)22-27-20-14-3-1-9-24-18(14)19-15(21(20)28-22)4-2-10-25-19/h1-11H,(H,26,29)(H,27,28). The van der Waals surface area contributed by atoms with E-state index in [0.717, 1.165) is 55.5 Å². The average Bonchev–Trinajstić information content (AvgIpc) is 3.42. The molecule has 138 valence electrons. The average molecular weight is 397 g/mol. The molecule has 0 bridgehead atoms. The summed E-state index contributed by atoms with van der Waals surface area (Å²) in [5, 5.41) is 9.98. The molecule has 0 unspecified atom stereocenters.